The molecule has 2 N–H and O–H groups in total. The van der Waals surface area contributed by atoms with Crippen LogP contribution < -0.4 is 15.5 Å². The Kier molecular flexibility index (Phi) is 5.05. The predicted molar refractivity (Wildman–Crippen MR) is 99.1 cm³/mol. The highest BCUT2D eigenvalue weighted by molar-refractivity contribution is 6.08. The number of rotatable bonds is 3. The quantitative estimate of drug-likeness (QED) is 0.617. The second-order valence-corrected chi connectivity index (χ2v) is 6.88. The molecule has 0 bridgehead atoms. The number of aromatic nitrogens is 5. The summed E-state index contributed by atoms with van der Waals surface area (Å²) in [5, 5.41) is 12.6. The number of nitrogens with one attached hydrogen (secondary N) is 2. The Morgan fingerprint density at radius 1 is 1.37 bits per heavy atom. The minimum Gasteiger partial charge on any atom is -0.352 e. The van der Waals surface area contributed by atoms with E-state index in [0.717, 1.165) is 10.9 Å². The Morgan fingerprint density at radius 2 is 2.17 bits per heavy atom. The summed E-state index contributed by atoms with van der Waals surface area (Å²) in [6, 6.07) is 1.64. The van der Waals surface area contributed by atoms with Crippen molar-refractivity contribution in [3.8, 4) is 0 Å². The van der Waals surface area contributed by atoms with E-state index < -0.39 is 29.6 Å². The first-order valence-electron chi connectivity index (χ1n) is 9.08. The van der Waals surface area contributed by atoms with E-state index in [2.05, 4.69) is 25.8 Å². The molecule has 0 spiro atoms. The van der Waals surface area contributed by atoms with Crippen LogP contribution in [0.25, 0.3) is 5.65 Å². The normalized spacial score (nSPS) is 17.9. The van der Waals surface area contributed by atoms with Crippen molar-refractivity contribution in [1.29, 1.82) is 0 Å². The third-order valence-corrected chi connectivity index (χ3v) is 4.61. The molecule has 1 fully saturated rings. The molecule has 1 aliphatic heterocycles. The largest absolute Gasteiger partial charge is 0.437 e. The Hall–Kier alpha value is -3.22. The van der Waals surface area contributed by atoms with Crippen LogP contribution in [-0.2, 0) is 13.2 Å². The molecular formula is C17H18F4N8O. The second kappa shape index (κ2) is 7.55. The molecule has 1 saturated heterocycles. The molecule has 9 nitrogen and oxygen atoms in total. The minimum absolute atomic E-state index is 0.0152. The van der Waals surface area contributed by atoms with Crippen LogP contribution in [0.3, 0.4) is 0 Å². The van der Waals surface area contributed by atoms with Crippen molar-refractivity contribution in [3.05, 3.63) is 35.9 Å². The smallest absolute Gasteiger partial charge is 0.352 e. The van der Waals surface area contributed by atoms with E-state index in [4.69, 9.17) is 0 Å². The lowest BCUT2D eigenvalue weighted by Crippen LogP contribution is -2.31. The van der Waals surface area contributed by atoms with Crippen LogP contribution in [0, 0.1) is 0 Å². The van der Waals surface area contributed by atoms with Crippen LogP contribution in [0.1, 0.15) is 16.1 Å². The third-order valence-electron chi connectivity index (χ3n) is 4.61. The van der Waals surface area contributed by atoms with E-state index in [-0.39, 0.29) is 24.3 Å². The van der Waals surface area contributed by atoms with Gasteiger partial charge in [0.15, 0.2) is 11.3 Å². The molecule has 1 aliphatic rings. The monoisotopic (exact) mass is 426 g/mol. The van der Waals surface area contributed by atoms with Crippen LogP contribution in [0.5, 0.6) is 0 Å². The molecule has 30 heavy (non-hydrogen) atoms. The number of anilines is 2. The molecule has 160 valence electrons. The summed E-state index contributed by atoms with van der Waals surface area (Å²) in [5.74, 6) is -0.366. The first-order chi connectivity index (χ1) is 14.2. The number of hydrogen-bond acceptors (Lipinski definition) is 6. The Labute approximate surface area is 167 Å². The van der Waals surface area contributed by atoms with E-state index in [9.17, 15) is 22.4 Å². The van der Waals surface area contributed by atoms with Gasteiger partial charge < -0.3 is 15.5 Å². The molecule has 1 atom stereocenters. The SMILES string of the molecule is Cn1cc(NC(=O)c2cnn3ccc(N4CCNCC(F)C4)nc23)c(C(F)(F)F)n1. The molecule has 4 rings (SSSR count). The number of carbonyl (C=O) groups excluding carboxylic acids is 1. The highest BCUT2D eigenvalue weighted by Crippen LogP contribution is 2.33. The second-order valence-electron chi connectivity index (χ2n) is 6.88. The minimum atomic E-state index is -4.72. The average Bonchev–Trinajstić information content (AvgIpc) is 3.19. The van der Waals surface area contributed by atoms with Gasteiger partial charge in [-0.3, -0.25) is 9.48 Å². The lowest BCUT2D eigenvalue weighted by atomic mass is 10.3. The molecule has 0 radical (unpaired) electrons. The predicted octanol–water partition coefficient (Wildman–Crippen LogP) is 1.48. The number of amides is 1. The van der Waals surface area contributed by atoms with E-state index in [0.29, 0.717) is 18.9 Å². The highest BCUT2D eigenvalue weighted by atomic mass is 19.4. The summed E-state index contributed by atoms with van der Waals surface area (Å²) in [4.78, 5) is 18.8. The van der Waals surface area contributed by atoms with Crippen molar-refractivity contribution in [2.45, 2.75) is 12.3 Å². The van der Waals surface area contributed by atoms with E-state index in [1.807, 2.05) is 0 Å². The van der Waals surface area contributed by atoms with Gasteiger partial charge in [0.1, 0.15) is 17.6 Å². The number of carbonyl (C=O) groups is 1. The maximum absolute atomic E-state index is 13.9. The van der Waals surface area contributed by atoms with Gasteiger partial charge in [-0.1, -0.05) is 0 Å². The maximum atomic E-state index is 13.9. The first kappa shape index (κ1) is 20.1. The lowest BCUT2D eigenvalue weighted by Gasteiger charge is -2.22. The van der Waals surface area contributed by atoms with Gasteiger partial charge >= 0.3 is 6.18 Å². The average molecular weight is 426 g/mol. The zero-order valence-corrected chi connectivity index (χ0v) is 15.8. The number of hydrogen-bond donors (Lipinski definition) is 2. The molecule has 0 aromatic carbocycles. The van der Waals surface area contributed by atoms with Crippen molar-refractivity contribution in [1.82, 2.24) is 29.7 Å². The first-order valence-corrected chi connectivity index (χ1v) is 9.08. The molecular weight excluding hydrogens is 408 g/mol. The maximum Gasteiger partial charge on any atom is 0.437 e. The zero-order valence-electron chi connectivity index (χ0n) is 15.8. The number of fused-ring (bicyclic) bond motifs is 1. The summed E-state index contributed by atoms with van der Waals surface area (Å²) >= 11 is 0. The number of aryl methyl sites for hydroxylation is 1. The number of nitrogens with zero attached hydrogens (tertiary/aromatic N) is 6. The van der Waals surface area contributed by atoms with Crippen molar-refractivity contribution in [2.24, 2.45) is 7.05 Å². The molecule has 3 aromatic heterocycles. The van der Waals surface area contributed by atoms with Gasteiger partial charge in [0.25, 0.3) is 5.91 Å². The summed E-state index contributed by atoms with van der Waals surface area (Å²) in [7, 11) is 1.32. The van der Waals surface area contributed by atoms with Gasteiger partial charge in [-0.2, -0.15) is 23.4 Å². The van der Waals surface area contributed by atoms with Crippen LogP contribution in [0.4, 0.5) is 29.1 Å². The molecule has 1 amide bonds. The third kappa shape index (κ3) is 3.92. The molecule has 3 aromatic rings. The van der Waals surface area contributed by atoms with Crippen molar-refractivity contribution >= 4 is 23.1 Å². The zero-order chi connectivity index (χ0) is 21.5. The van der Waals surface area contributed by atoms with Gasteiger partial charge in [-0.05, 0) is 6.07 Å². The fourth-order valence-corrected chi connectivity index (χ4v) is 3.25. The topological polar surface area (TPSA) is 92.4 Å². The summed E-state index contributed by atoms with van der Waals surface area (Å²) in [5.41, 5.74) is -1.53. The standard InChI is InChI=1S/C17H18F4N8O/c1-27-9-12(14(26-27)17(19,20)21)24-16(30)11-7-23-29-4-2-13(25-15(11)29)28-5-3-22-6-10(18)8-28/h2,4,7,9-10,22H,3,5-6,8H2,1H3,(H,24,30). The van der Waals surface area contributed by atoms with Gasteiger partial charge in [0.2, 0.25) is 0 Å². The molecule has 13 heteroatoms. The van der Waals surface area contributed by atoms with Crippen LogP contribution in [0.2, 0.25) is 0 Å². The molecule has 4 heterocycles. The van der Waals surface area contributed by atoms with Crippen LogP contribution in [0.15, 0.2) is 24.7 Å². The lowest BCUT2D eigenvalue weighted by molar-refractivity contribution is -0.140. The summed E-state index contributed by atoms with van der Waals surface area (Å²) < 4.78 is 55.6. The van der Waals surface area contributed by atoms with Crippen molar-refractivity contribution in [3.63, 3.8) is 0 Å². The van der Waals surface area contributed by atoms with Crippen molar-refractivity contribution < 1.29 is 22.4 Å². The summed E-state index contributed by atoms with van der Waals surface area (Å²) in [6.07, 6.45) is -1.96. The van der Waals surface area contributed by atoms with Gasteiger partial charge in [0, 0.05) is 39.1 Å². The molecule has 1 unspecified atom stereocenters. The molecule has 0 aliphatic carbocycles. The Balaban J connectivity index is 1.64. The van der Waals surface area contributed by atoms with Crippen molar-refractivity contribution in [2.75, 3.05) is 36.4 Å². The number of halogens is 4. The van der Waals surface area contributed by atoms with E-state index in [1.54, 1.807) is 17.2 Å². The molecule has 0 saturated carbocycles. The van der Waals surface area contributed by atoms with Gasteiger partial charge in [0.05, 0.1) is 18.4 Å². The van der Waals surface area contributed by atoms with Crippen LogP contribution in [-0.4, -0.2) is 62.6 Å². The van der Waals surface area contributed by atoms with Gasteiger partial charge in [-0.15, -0.1) is 0 Å². The van der Waals surface area contributed by atoms with E-state index >= 15 is 0 Å². The Morgan fingerprint density at radius 3 is 2.93 bits per heavy atom. The highest BCUT2D eigenvalue weighted by Gasteiger charge is 2.38. The van der Waals surface area contributed by atoms with Gasteiger partial charge in [-0.25, -0.2) is 13.9 Å². The van der Waals surface area contributed by atoms with Crippen LogP contribution >= 0.6 is 0 Å². The Bertz CT molecular complexity index is 1080. The fourth-order valence-electron chi connectivity index (χ4n) is 3.25. The fraction of sp³-hybridized carbons (Fsp3) is 0.412. The van der Waals surface area contributed by atoms with E-state index in [1.165, 1.54) is 17.8 Å². The summed E-state index contributed by atoms with van der Waals surface area (Å²) in [6.45, 7) is 1.47. The number of alkyl halides is 4.